The van der Waals surface area contributed by atoms with E-state index >= 15 is 0 Å². The lowest BCUT2D eigenvalue weighted by Gasteiger charge is -2.18. The van der Waals surface area contributed by atoms with Gasteiger partial charge in [-0.1, -0.05) is 6.92 Å². The van der Waals surface area contributed by atoms with E-state index in [4.69, 9.17) is 10.6 Å². The Balaban J connectivity index is 2.85. The Labute approximate surface area is 117 Å². The predicted octanol–water partition coefficient (Wildman–Crippen LogP) is -0.165. The molecule has 0 radical (unpaired) electrons. The molecule has 0 bridgehead atoms. The molecule has 1 heterocycles. The van der Waals surface area contributed by atoms with Crippen LogP contribution in [0.3, 0.4) is 0 Å². The van der Waals surface area contributed by atoms with Gasteiger partial charge in [0.25, 0.3) is 0 Å². The number of aromatic nitrogens is 3. The molecule has 1 amide bonds. The molecule has 0 fully saturated rings. The Morgan fingerprint density at radius 2 is 2.00 bits per heavy atom. The van der Waals surface area contributed by atoms with Gasteiger partial charge in [-0.3, -0.25) is 10.2 Å². The van der Waals surface area contributed by atoms with Crippen molar-refractivity contribution in [2.24, 2.45) is 5.84 Å². The zero-order valence-corrected chi connectivity index (χ0v) is 12.2. The molecule has 0 aliphatic rings. The fraction of sp³-hybridized carbons (Fsp3) is 0.636. The second kappa shape index (κ2) is 7.43. The molecule has 1 aromatic rings. The van der Waals surface area contributed by atoms with Gasteiger partial charge < -0.3 is 15.0 Å². The van der Waals surface area contributed by atoms with Gasteiger partial charge in [0.05, 0.1) is 6.61 Å². The van der Waals surface area contributed by atoms with Crippen LogP contribution in [0.2, 0.25) is 0 Å². The highest BCUT2D eigenvalue weighted by Crippen LogP contribution is 2.11. The van der Waals surface area contributed by atoms with Crippen molar-refractivity contribution in [1.29, 1.82) is 0 Å². The Morgan fingerprint density at radius 3 is 2.55 bits per heavy atom. The van der Waals surface area contributed by atoms with Crippen LogP contribution in [0.15, 0.2) is 0 Å². The minimum absolute atomic E-state index is 0.0938. The molecule has 9 heteroatoms. The van der Waals surface area contributed by atoms with Crippen molar-refractivity contribution in [3.63, 3.8) is 0 Å². The largest absolute Gasteiger partial charge is 0.463 e. The number of nitrogens with one attached hydrogen (secondary N) is 2. The van der Waals surface area contributed by atoms with Gasteiger partial charge in [-0.25, -0.2) is 5.84 Å². The summed E-state index contributed by atoms with van der Waals surface area (Å²) in [6.45, 7) is 4.17. The first-order valence-corrected chi connectivity index (χ1v) is 6.31. The van der Waals surface area contributed by atoms with Crippen LogP contribution in [0.5, 0.6) is 6.01 Å². The first-order valence-electron chi connectivity index (χ1n) is 6.31. The maximum atomic E-state index is 11.8. The fourth-order valence-electron chi connectivity index (χ4n) is 1.39. The number of carbonyl (C=O) groups excluding carboxylic acids is 1. The summed E-state index contributed by atoms with van der Waals surface area (Å²) >= 11 is 0. The standard InChI is InChI=1S/C11H21N7O2/c1-5-6-20-11-15-9(14-10(16-11)17-12)13-7(2)8(19)18(3)4/h7H,5-6,12H2,1-4H3,(H2,13,14,15,16,17). The Bertz CT molecular complexity index is 452. The van der Waals surface area contributed by atoms with Gasteiger partial charge in [0.2, 0.25) is 17.8 Å². The molecule has 1 unspecified atom stereocenters. The van der Waals surface area contributed by atoms with E-state index in [0.717, 1.165) is 6.42 Å². The molecule has 0 saturated carbocycles. The van der Waals surface area contributed by atoms with Crippen molar-refractivity contribution >= 4 is 17.8 Å². The topological polar surface area (TPSA) is 118 Å². The number of hydrazine groups is 1. The van der Waals surface area contributed by atoms with E-state index in [2.05, 4.69) is 25.7 Å². The molecule has 0 spiro atoms. The van der Waals surface area contributed by atoms with Crippen molar-refractivity contribution in [1.82, 2.24) is 19.9 Å². The molecule has 9 nitrogen and oxygen atoms in total. The highest BCUT2D eigenvalue weighted by Gasteiger charge is 2.17. The number of likely N-dealkylation sites (N-methyl/N-ethyl adjacent to an activating group) is 1. The highest BCUT2D eigenvalue weighted by atomic mass is 16.5. The van der Waals surface area contributed by atoms with Crippen LogP contribution in [0.4, 0.5) is 11.9 Å². The number of hydrogen-bond acceptors (Lipinski definition) is 8. The molecule has 1 rings (SSSR count). The van der Waals surface area contributed by atoms with E-state index in [1.165, 1.54) is 4.90 Å². The number of nitrogens with zero attached hydrogens (tertiary/aromatic N) is 4. The van der Waals surface area contributed by atoms with Gasteiger partial charge in [0.15, 0.2) is 0 Å². The number of anilines is 2. The first-order chi connectivity index (χ1) is 9.47. The average Bonchev–Trinajstić information content (AvgIpc) is 2.43. The van der Waals surface area contributed by atoms with Crippen LogP contribution >= 0.6 is 0 Å². The van der Waals surface area contributed by atoms with Crippen LogP contribution in [-0.2, 0) is 4.79 Å². The number of ether oxygens (including phenoxy) is 1. The third kappa shape index (κ3) is 4.50. The minimum Gasteiger partial charge on any atom is -0.463 e. The lowest BCUT2D eigenvalue weighted by Crippen LogP contribution is -2.37. The summed E-state index contributed by atoms with van der Waals surface area (Å²) in [6, 6.07) is -0.321. The third-order valence-electron chi connectivity index (χ3n) is 2.34. The summed E-state index contributed by atoms with van der Waals surface area (Å²) < 4.78 is 5.33. The molecule has 112 valence electrons. The number of carbonyl (C=O) groups is 1. The molecule has 4 N–H and O–H groups in total. The summed E-state index contributed by atoms with van der Waals surface area (Å²) in [7, 11) is 3.35. The number of rotatable bonds is 7. The Morgan fingerprint density at radius 1 is 1.35 bits per heavy atom. The molecular weight excluding hydrogens is 262 g/mol. The molecular formula is C11H21N7O2. The van der Waals surface area contributed by atoms with Crippen molar-refractivity contribution in [3.8, 4) is 6.01 Å². The van der Waals surface area contributed by atoms with Crippen LogP contribution in [0.1, 0.15) is 20.3 Å². The molecule has 0 aromatic carbocycles. The van der Waals surface area contributed by atoms with Gasteiger partial charge in [-0.05, 0) is 13.3 Å². The summed E-state index contributed by atoms with van der Waals surface area (Å²) in [5.41, 5.74) is 2.33. The highest BCUT2D eigenvalue weighted by molar-refractivity contribution is 5.83. The Kier molecular flexibility index (Phi) is 5.91. The van der Waals surface area contributed by atoms with Crippen LogP contribution in [0, 0.1) is 0 Å². The van der Waals surface area contributed by atoms with Gasteiger partial charge in [0.1, 0.15) is 6.04 Å². The smallest absolute Gasteiger partial charge is 0.323 e. The van der Waals surface area contributed by atoms with E-state index in [1.807, 2.05) is 6.92 Å². The summed E-state index contributed by atoms with van der Waals surface area (Å²) in [4.78, 5) is 25.3. The van der Waals surface area contributed by atoms with Crippen molar-refractivity contribution in [2.45, 2.75) is 26.3 Å². The van der Waals surface area contributed by atoms with Gasteiger partial charge in [-0.15, -0.1) is 0 Å². The zero-order chi connectivity index (χ0) is 15.1. The van der Waals surface area contributed by atoms with Crippen LogP contribution in [0.25, 0.3) is 0 Å². The molecule has 1 aromatic heterocycles. The maximum absolute atomic E-state index is 11.8. The van der Waals surface area contributed by atoms with Crippen molar-refractivity contribution in [3.05, 3.63) is 0 Å². The van der Waals surface area contributed by atoms with Crippen LogP contribution in [-0.4, -0.2) is 52.5 Å². The summed E-state index contributed by atoms with van der Waals surface area (Å²) in [5, 5.41) is 2.89. The molecule has 20 heavy (non-hydrogen) atoms. The number of amides is 1. The molecule has 1 atom stereocenters. The van der Waals surface area contributed by atoms with Crippen LogP contribution < -0.4 is 21.3 Å². The monoisotopic (exact) mass is 283 g/mol. The van der Waals surface area contributed by atoms with Gasteiger partial charge >= 0.3 is 6.01 Å². The van der Waals surface area contributed by atoms with E-state index < -0.39 is 6.04 Å². The van der Waals surface area contributed by atoms with E-state index in [1.54, 1.807) is 21.0 Å². The number of nitrogens with two attached hydrogens (primary N) is 1. The minimum atomic E-state index is -0.475. The average molecular weight is 283 g/mol. The van der Waals surface area contributed by atoms with Gasteiger partial charge in [0, 0.05) is 14.1 Å². The second-order valence-electron chi connectivity index (χ2n) is 4.36. The first kappa shape index (κ1) is 15.9. The quantitative estimate of drug-likeness (QED) is 0.466. The fourth-order valence-corrected chi connectivity index (χ4v) is 1.39. The Hall–Kier alpha value is -2.16. The molecule has 0 aliphatic heterocycles. The van der Waals surface area contributed by atoms with Crippen molar-refractivity contribution < 1.29 is 9.53 Å². The lowest BCUT2D eigenvalue weighted by atomic mass is 10.3. The molecule has 0 saturated heterocycles. The van der Waals surface area contributed by atoms with Crippen molar-refractivity contribution in [2.75, 3.05) is 31.4 Å². The normalized spacial score (nSPS) is 11.7. The zero-order valence-electron chi connectivity index (χ0n) is 12.2. The van der Waals surface area contributed by atoms with E-state index in [-0.39, 0.29) is 23.8 Å². The predicted molar refractivity (Wildman–Crippen MR) is 75.2 cm³/mol. The summed E-state index contributed by atoms with van der Waals surface area (Å²) in [5.74, 6) is 5.59. The number of hydrogen-bond donors (Lipinski definition) is 3. The number of nitrogen functional groups attached to an aromatic ring is 1. The SMILES string of the molecule is CCCOc1nc(NN)nc(NC(C)C(=O)N(C)C)n1. The maximum Gasteiger partial charge on any atom is 0.323 e. The van der Waals surface area contributed by atoms with E-state index in [0.29, 0.717) is 6.61 Å². The summed E-state index contributed by atoms with van der Waals surface area (Å²) in [6.07, 6.45) is 0.829. The van der Waals surface area contributed by atoms with Gasteiger partial charge in [-0.2, -0.15) is 15.0 Å². The molecule has 0 aliphatic carbocycles. The third-order valence-corrected chi connectivity index (χ3v) is 2.34. The lowest BCUT2D eigenvalue weighted by molar-refractivity contribution is -0.129. The second-order valence-corrected chi connectivity index (χ2v) is 4.36. The van der Waals surface area contributed by atoms with E-state index in [9.17, 15) is 4.79 Å².